The number of phenols is 1. The number of aliphatic hydroxyl groups is 1. The molecule has 0 aliphatic heterocycles. The molecule has 0 aliphatic carbocycles. The van der Waals surface area contributed by atoms with E-state index in [0.717, 1.165) is 5.56 Å². The van der Waals surface area contributed by atoms with E-state index in [2.05, 4.69) is 0 Å². The number of aromatic hydroxyl groups is 1. The Morgan fingerprint density at radius 1 is 1.50 bits per heavy atom. The Labute approximate surface area is 82.3 Å². The van der Waals surface area contributed by atoms with Crippen LogP contribution in [-0.2, 0) is 0 Å². The third-order valence-corrected chi connectivity index (χ3v) is 1.82. The van der Waals surface area contributed by atoms with Crippen LogP contribution in [0.2, 0.25) is 0 Å². The third-order valence-electron chi connectivity index (χ3n) is 1.82. The van der Waals surface area contributed by atoms with Gasteiger partial charge in [-0.2, -0.15) is 0 Å². The highest BCUT2D eigenvalue weighted by atomic mass is 16.3. The number of aliphatic hydroxyl groups excluding tert-OH is 1. The highest BCUT2D eigenvalue weighted by Crippen LogP contribution is 2.19. The molecule has 3 heteroatoms. The monoisotopic (exact) mass is 192 g/mol. The van der Waals surface area contributed by atoms with E-state index in [-0.39, 0.29) is 18.1 Å². The minimum atomic E-state index is -0.179. The van der Waals surface area contributed by atoms with Gasteiger partial charge in [-0.1, -0.05) is 18.2 Å². The fourth-order valence-electron chi connectivity index (χ4n) is 1.13. The average Bonchev–Trinajstić information content (AvgIpc) is 2.16. The van der Waals surface area contributed by atoms with Crippen LogP contribution in [0.4, 0.5) is 0 Å². The minimum Gasteiger partial charge on any atom is -0.507 e. The van der Waals surface area contributed by atoms with Crippen LogP contribution in [0.5, 0.6) is 5.75 Å². The Morgan fingerprint density at radius 3 is 2.79 bits per heavy atom. The lowest BCUT2D eigenvalue weighted by molar-refractivity contribution is 0.101. The van der Waals surface area contributed by atoms with E-state index in [1.54, 1.807) is 24.3 Å². The van der Waals surface area contributed by atoms with Crippen LogP contribution < -0.4 is 0 Å². The van der Waals surface area contributed by atoms with E-state index >= 15 is 0 Å². The van der Waals surface area contributed by atoms with Gasteiger partial charge >= 0.3 is 0 Å². The highest BCUT2D eigenvalue weighted by molar-refractivity contribution is 5.97. The van der Waals surface area contributed by atoms with Gasteiger partial charge in [-0.25, -0.2) is 0 Å². The second kappa shape index (κ2) is 4.58. The Hall–Kier alpha value is -1.61. The van der Waals surface area contributed by atoms with E-state index < -0.39 is 0 Å². The fraction of sp³-hybridized carbons (Fsp3) is 0.182. The first kappa shape index (κ1) is 10.5. The van der Waals surface area contributed by atoms with Gasteiger partial charge < -0.3 is 10.2 Å². The van der Waals surface area contributed by atoms with Gasteiger partial charge in [0.2, 0.25) is 0 Å². The zero-order valence-electron chi connectivity index (χ0n) is 7.90. The van der Waals surface area contributed by atoms with E-state index in [0.29, 0.717) is 5.56 Å². The molecule has 0 radical (unpaired) electrons. The average molecular weight is 192 g/mol. The summed E-state index contributed by atoms with van der Waals surface area (Å²) in [4.78, 5) is 11.1. The number of carbonyl (C=O) groups is 1. The standard InChI is InChI=1S/C11H12O3/c1-8(13)10-7-9(3-2-6-12)4-5-11(10)14/h2-5,7,12,14H,6H2,1H3. The minimum absolute atomic E-state index is 0.0151. The topological polar surface area (TPSA) is 57.5 Å². The molecule has 0 saturated carbocycles. The lowest BCUT2D eigenvalue weighted by Gasteiger charge is -2.01. The molecule has 0 saturated heterocycles. The van der Waals surface area contributed by atoms with E-state index in [9.17, 15) is 9.90 Å². The van der Waals surface area contributed by atoms with Gasteiger partial charge in [-0.15, -0.1) is 0 Å². The number of hydrogen-bond acceptors (Lipinski definition) is 3. The summed E-state index contributed by atoms with van der Waals surface area (Å²) in [5.74, 6) is -0.194. The second-order valence-corrected chi connectivity index (χ2v) is 2.92. The SMILES string of the molecule is CC(=O)c1cc(C=CCO)ccc1O. The van der Waals surface area contributed by atoms with Gasteiger partial charge in [0.1, 0.15) is 5.75 Å². The Morgan fingerprint density at radius 2 is 2.21 bits per heavy atom. The molecule has 1 rings (SSSR count). The van der Waals surface area contributed by atoms with Gasteiger partial charge in [0.05, 0.1) is 12.2 Å². The number of rotatable bonds is 3. The predicted molar refractivity (Wildman–Crippen MR) is 54.2 cm³/mol. The molecule has 0 spiro atoms. The zero-order valence-corrected chi connectivity index (χ0v) is 7.90. The number of phenolic OH excluding ortho intramolecular Hbond substituents is 1. The van der Waals surface area contributed by atoms with Crippen molar-refractivity contribution in [2.45, 2.75) is 6.92 Å². The summed E-state index contributed by atoms with van der Waals surface area (Å²) >= 11 is 0. The molecule has 0 unspecified atom stereocenters. The third kappa shape index (κ3) is 2.44. The van der Waals surface area contributed by atoms with Crippen LogP contribution in [0.3, 0.4) is 0 Å². The maximum Gasteiger partial charge on any atom is 0.163 e. The summed E-state index contributed by atoms with van der Waals surface area (Å²) in [6.07, 6.45) is 3.25. The first-order valence-corrected chi connectivity index (χ1v) is 4.26. The van der Waals surface area contributed by atoms with Crippen molar-refractivity contribution in [1.29, 1.82) is 0 Å². The van der Waals surface area contributed by atoms with Gasteiger partial charge in [-0.3, -0.25) is 4.79 Å². The summed E-state index contributed by atoms with van der Waals surface area (Å²) in [5, 5.41) is 17.9. The van der Waals surface area contributed by atoms with Gasteiger partial charge in [0, 0.05) is 0 Å². The van der Waals surface area contributed by atoms with E-state index in [1.165, 1.54) is 13.0 Å². The lowest BCUT2D eigenvalue weighted by atomic mass is 10.1. The Kier molecular flexibility index (Phi) is 3.42. The zero-order chi connectivity index (χ0) is 10.6. The van der Waals surface area contributed by atoms with E-state index in [1.807, 2.05) is 0 Å². The van der Waals surface area contributed by atoms with Crippen LogP contribution in [0.25, 0.3) is 6.08 Å². The van der Waals surface area contributed by atoms with Crippen molar-refractivity contribution < 1.29 is 15.0 Å². The predicted octanol–water partition coefficient (Wildman–Crippen LogP) is 1.60. The largest absolute Gasteiger partial charge is 0.507 e. The smallest absolute Gasteiger partial charge is 0.163 e. The molecule has 1 aromatic rings. The van der Waals surface area contributed by atoms with Crippen molar-refractivity contribution in [2.24, 2.45) is 0 Å². The summed E-state index contributed by atoms with van der Waals surface area (Å²) < 4.78 is 0. The summed E-state index contributed by atoms with van der Waals surface area (Å²) in [6, 6.07) is 4.73. The van der Waals surface area contributed by atoms with Crippen molar-refractivity contribution in [3.8, 4) is 5.75 Å². The van der Waals surface area contributed by atoms with Crippen LogP contribution in [0.1, 0.15) is 22.8 Å². The molecular formula is C11H12O3. The number of carbonyl (C=O) groups excluding carboxylic acids is 1. The number of Topliss-reactive ketones (excluding diaryl/α,β-unsaturated/α-hetero) is 1. The molecule has 2 N–H and O–H groups in total. The highest BCUT2D eigenvalue weighted by Gasteiger charge is 2.05. The van der Waals surface area contributed by atoms with Crippen molar-refractivity contribution in [3.63, 3.8) is 0 Å². The molecule has 74 valence electrons. The number of benzene rings is 1. The molecule has 14 heavy (non-hydrogen) atoms. The molecule has 0 fully saturated rings. The first-order chi connectivity index (χ1) is 6.65. The molecule has 3 nitrogen and oxygen atoms in total. The lowest BCUT2D eigenvalue weighted by Crippen LogP contribution is -1.93. The molecule has 1 aromatic carbocycles. The summed E-state index contributed by atoms with van der Waals surface area (Å²) in [7, 11) is 0. The molecule has 0 atom stereocenters. The van der Waals surface area contributed by atoms with Crippen LogP contribution in [0, 0.1) is 0 Å². The van der Waals surface area contributed by atoms with Crippen LogP contribution >= 0.6 is 0 Å². The second-order valence-electron chi connectivity index (χ2n) is 2.92. The van der Waals surface area contributed by atoms with Crippen molar-refractivity contribution >= 4 is 11.9 Å². The Balaban J connectivity index is 3.06. The molecule has 0 aromatic heterocycles. The molecule has 0 aliphatic rings. The van der Waals surface area contributed by atoms with Crippen molar-refractivity contribution in [1.82, 2.24) is 0 Å². The Bertz CT molecular complexity index is 367. The number of hydrogen-bond donors (Lipinski definition) is 2. The van der Waals surface area contributed by atoms with Crippen molar-refractivity contribution in [3.05, 3.63) is 35.4 Å². The molecular weight excluding hydrogens is 180 g/mol. The molecule has 0 amide bonds. The summed E-state index contributed by atoms with van der Waals surface area (Å²) in [6.45, 7) is 1.35. The normalized spacial score (nSPS) is 10.7. The van der Waals surface area contributed by atoms with Crippen LogP contribution in [0.15, 0.2) is 24.3 Å². The van der Waals surface area contributed by atoms with Gasteiger partial charge in [0.25, 0.3) is 0 Å². The maximum absolute atomic E-state index is 11.1. The molecule has 0 bridgehead atoms. The van der Waals surface area contributed by atoms with Gasteiger partial charge in [-0.05, 0) is 24.6 Å². The summed E-state index contributed by atoms with van der Waals surface area (Å²) in [5.41, 5.74) is 1.08. The maximum atomic E-state index is 11.1. The van der Waals surface area contributed by atoms with E-state index in [4.69, 9.17) is 5.11 Å². The number of ketones is 1. The fourth-order valence-corrected chi connectivity index (χ4v) is 1.13. The first-order valence-electron chi connectivity index (χ1n) is 4.26. The molecule has 0 heterocycles. The van der Waals surface area contributed by atoms with Crippen molar-refractivity contribution in [2.75, 3.05) is 6.61 Å². The van der Waals surface area contributed by atoms with Gasteiger partial charge in [0.15, 0.2) is 5.78 Å². The quantitative estimate of drug-likeness (QED) is 0.715. The van der Waals surface area contributed by atoms with Crippen LogP contribution in [-0.4, -0.2) is 22.6 Å².